The third-order valence-corrected chi connectivity index (χ3v) is 5.90. The molecule has 1 N–H and O–H groups in total. The van der Waals surface area contributed by atoms with E-state index in [2.05, 4.69) is 9.88 Å². The first-order valence-electron chi connectivity index (χ1n) is 10.7. The van der Waals surface area contributed by atoms with Crippen molar-refractivity contribution in [2.24, 2.45) is 0 Å². The third kappa shape index (κ3) is 4.64. The van der Waals surface area contributed by atoms with Gasteiger partial charge in [-0.05, 0) is 29.8 Å². The van der Waals surface area contributed by atoms with Gasteiger partial charge in [0.1, 0.15) is 5.76 Å². The van der Waals surface area contributed by atoms with E-state index >= 15 is 0 Å². The predicted molar refractivity (Wildman–Crippen MR) is 118 cm³/mol. The average Bonchev–Trinajstić information content (AvgIpc) is 3.12. The highest BCUT2D eigenvalue weighted by Crippen LogP contribution is 2.39. The molecule has 2 fully saturated rings. The Morgan fingerprint density at radius 1 is 1.06 bits per heavy atom. The van der Waals surface area contributed by atoms with Crippen LogP contribution in [-0.4, -0.2) is 84.1 Å². The smallest absolute Gasteiger partial charge is 0.337 e. The molecule has 33 heavy (non-hydrogen) atoms. The predicted octanol–water partition coefficient (Wildman–Crippen LogP) is 1.62. The molecule has 0 unspecified atom stereocenters. The van der Waals surface area contributed by atoms with Crippen molar-refractivity contribution < 1.29 is 29.0 Å². The average molecular weight is 451 g/mol. The molecular weight excluding hydrogens is 426 g/mol. The van der Waals surface area contributed by atoms with Gasteiger partial charge in [-0.1, -0.05) is 12.1 Å². The van der Waals surface area contributed by atoms with Gasteiger partial charge in [0.25, 0.3) is 11.7 Å². The van der Waals surface area contributed by atoms with Crippen LogP contribution < -0.4 is 0 Å². The third-order valence-electron chi connectivity index (χ3n) is 5.90. The highest BCUT2D eigenvalue weighted by Gasteiger charge is 2.46. The molecule has 2 aliphatic rings. The summed E-state index contributed by atoms with van der Waals surface area (Å²) in [6, 6.07) is 8.87. The molecule has 2 aliphatic heterocycles. The van der Waals surface area contributed by atoms with E-state index in [1.807, 2.05) is 0 Å². The number of hydrogen-bond acceptors (Lipinski definition) is 8. The van der Waals surface area contributed by atoms with Crippen LogP contribution in [0.3, 0.4) is 0 Å². The minimum atomic E-state index is -0.786. The molecule has 0 bridgehead atoms. The molecule has 1 aromatic carbocycles. The fourth-order valence-electron chi connectivity index (χ4n) is 4.12. The summed E-state index contributed by atoms with van der Waals surface area (Å²) in [7, 11) is 1.30. The number of ketones is 1. The molecule has 3 heterocycles. The van der Waals surface area contributed by atoms with E-state index < -0.39 is 23.7 Å². The van der Waals surface area contributed by atoms with Crippen molar-refractivity contribution in [3.05, 3.63) is 71.1 Å². The number of carbonyl (C=O) groups excluding carboxylic acids is 3. The number of amides is 1. The van der Waals surface area contributed by atoms with Gasteiger partial charge in [-0.25, -0.2) is 4.79 Å². The van der Waals surface area contributed by atoms with Crippen LogP contribution in [0.1, 0.15) is 27.5 Å². The Kier molecular flexibility index (Phi) is 6.81. The van der Waals surface area contributed by atoms with Crippen molar-refractivity contribution in [2.45, 2.75) is 6.04 Å². The van der Waals surface area contributed by atoms with Crippen molar-refractivity contribution in [1.29, 1.82) is 0 Å². The molecule has 0 spiro atoms. The Balaban J connectivity index is 1.72. The molecule has 1 atom stereocenters. The van der Waals surface area contributed by atoms with Crippen molar-refractivity contribution in [3.8, 4) is 0 Å². The molecule has 9 heteroatoms. The summed E-state index contributed by atoms with van der Waals surface area (Å²) in [4.78, 5) is 45.5. The number of aromatic nitrogens is 1. The largest absolute Gasteiger partial charge is 0.507 e. The maximum atomic E-state index is 13.1. The lowest BCUT2D eigenvalue weighted by atomic mass is 9.95. The number of benzene rings is 1. The summed E-state index contributed by atoms with van der Waals surface area (Å²) in [5.74, 6) is -2.15. The van der Waals surface area contributed by atoms with E-state index in [1.54, 1.807) is 36.4 Å². The highest BCUT2D eigenvalue weighted by molar-refractivity contribution is 6.46. The molecular formula is C24H25N3O6. The van der Waals surface area contributed by atoms with E-state index in [0.717, 1.165) is 13.1 Å². The lowest BCUT2D eigenvalue weighted by molar-refractivity contribution is -0.140. The Hall–Kier alpha value is -3.56. The van der Waals surface area contributed by atoms with Gasteiger partial charge in [-0.2, -0.15) is 0 Å². The number of esters is 1. The molecule has 0 radical (unpaired) electrons. The quantitative estimate of drug-likeness (QED) is 0.305. The standard InChI is InChI=1S/C24H25N3O6/c1-32-24(31)18-4-2-16(3-5-18)20-19(21(28)17-6-8-25-9-7-17)22(29)23(30)27(20)11-10-26-12-14-33-15-13-26/h2-9,20,28H,10-15H2,1H3/b21-19+/t20-/m0/s1. The molecule has 1 aromatic heterocycles. The summed E-state index contributed by atoms with van der Waals surface area (Å²) in [6.07, 6.45) is 3.01. The SMILES string of the molecule is COC(=O)c1ccc([C@H]2/C(=C(\O)c3ccncc3)C(=O)C(=O)N2CCN2CCOCC2)cc1. The summed E-state index contributed by atoms with van der Waals surface area (Å²) in [5.41, 5.74) is 1.37. The Bertz CT molecular complexity index is 1060. The number of nitrogens with zero attached hydrogens (tertiary/aromatic N) is 3. The van der Waals surface area contributed by atoms with Crippen molar-refractivity contribution in [3.63, 3.8) is 0 Å². The molecule has 9 nitrogen and oxygen atoms in total. The molecule has 172 valence electrons. The maximum Gasteiger partial charge on any atom is 0.337 e. The lowest BCUT2D eigenvalue weighted by Gasteiger charge is -2.31. The minimum absolute atomic E-state index is 0.0130. The first-order valence-corrected chi connectivity index (χ1v) is 10.7. The number of hydrogen-bond donors (Lipinski definition) is 1. The van der Waals surface area contributed by atoms with Gasteiger partial charge in [0.05, 0.1) is 37.5 Å². The van der Waals surface area contributed by atoms with Crippen molar-refractivity contribution in [1.82, 2.24) is 14.8 Å². The summed E-state index contributed by atoms with van der Waals surface area (Å²) in [5, 5.41) is 11.0. The van der Waals surface area contributed by atoms with Crippen LogP contribution in [0.4, 0.5) is 0 Å². The number of pyridine rings is 1. The fourth-order valence-corrected chi connectivity index (χ4v) is 4.12. The van der Waals surface area contributed by atoms with E-state index in [9.17, 15) is 19.5 Å². The summed E-state index contributed by atoms with van der Waals surface area (Å²) in [6.45, 7) is 3.63. The van der Waals surface area contributed by atoms with E-state index in [1.165, 1.54) is 24.4 Å². The van der Waals surface area contributed by atoms with Gasteiger partial charge in [-0.15, -0.1) is 0 Å². The number of Topliss-reactive ketones (excluding diaryl/α,β-unsaturated/α-hetero) is 1. The molecule has 2 aromatic rings. The van der Waals surface area contributed by atoms with Crippen LogP contribution in [0, 0.1) is 0 Å². The zero-order chi connectivity index (χ0) is 23.4. The molecule has 0 saturated carbocycles. The molecule has 2 saturated heterocycles. The number of likely N-dealkylation sites (tertiary alicyclic amines) is 1. The van der Waals surface area contributed by atoms with Crippen LogP contribution in [0.15, 0.2) is 54.4 Å². The van der Waals surface area contributed by atoms with Crippen molar-refractivity contribution in [2.75, 3.05) is 46.5 Å². The molecule has 4 rings (SSSR count). The summed E-state index contributed by atoms with van der Waals surface area (Å²) >= 11 is 0. The Morgan fingerprint density at radius 2 is 1.73 bits per heavy atom. The minimum Gasteiger partial charge on any atom is -0.507 e. The zero-order valence-electron chi connectivity index (χ0n) is 18.3. The van der Waals surface area contributed by atoms with Crippen LogP contribution >= 0.6 is 0 Å². The number of rotatable bonds is 6. The highest BCUT2D eigenvalue weighted by atomic mass is 16.5. The number of carbonyl (C=O) groups is 3. The van der Waals surface area contributed by atoms with Gasteiger partial charge in [-0.3, -0.25) is 19.5 Å². The summed E-state index contributed by atoms with van der Waals surface area (Å²) < 4.78 is 10.1. The monoisotopic (exact) mass is 451 g/mol. The second-order valence-corrected chi connectivity index (χ2v) is 7.80. The Labute approximate surface area is 191 Å². The number of ether oxygens (including phenoxy) is 2. The van der Waals surface area contributed by atoms with Crippen LogP contribution in [0.5, 0.6) is 0 Å². The number of aliphatic hydroxyl groups is 1. The van der Waals surface area contributed by atoms with Gasteiger partial charge < -0.3 is 19.5 Å². The Morgan fingerprint density at radius 3 is 2.36 bits per heavy atom. The fraction of sp³-hybridized carbons (Fsp3) is 0.333. The number of aliphatic hydroxyl groups excluding tert-OH is 1. The van der Waals surface area contributed by atoms with Crippen molar-refractivity contribution >= 4 is 23.4 Å². The van der Waals surface area contributed by atoms with Gasteiger partial charge in [0, 0.05) is 44.1 Å². The zero-order valence-corrected chi connectivity index (χ0v) is 18.3. The maximum absolute atomic E-state index is 13.1. The van der Waals surface area contributed by atoms with E-state index in [0.29, 0.717) is 43.0 Å². The van der Waals surface area contributed by atoms with E-state index in [4.69, 9.17) is 9.47 Å². The number of methoxy groups -OCH3 is 1. The van der Waals surface area contributed by atoms with Crippen LogP contribution in [-0.2, 0) is 19.1 Å². The van der Waals surface area contributed by atoms with Gasteiger partial charge in [0.2, 0.25) is 0 Å². The topological polar surface area (TPSA) is 109 Å². The first-order chi connectivity index (χ1) is 16.0. The second kappa shape index (κ2) is 9.93. The molecule has 0 aliphatic carbocycles. The second-order valence-electron chi connectivity index (χ2n) is 7.80. The number of morpholine rings is 1. The van der Waals surface area contributed by atoms with Gasteiger partial charge >= 0.3 is 5.97 Å². The van der Waals surface area contributed by atoms with Crippen LogP contribution in [0.2, 0.25) is 0 Å². The van der Waals surface area contributed by atoms with Crippen LogP contribution in [0.25, 0.3) is 5.76 Å². The normalized spacial score (nSPS) is 20.8. The van der Waals surface area contributed by atoms with Gasteiger partial charge in [0.15, 0.2) is 0 Å². The lowest BCUT2D eigenvalue weighted by Crippen LogP contribution is -2.42. The van der Waals surface area contributed by atoms with E-state index in [-0.39, 0.29) is 11.3 Å². The molecule has 1 amide bonds. The first kappa shape index (κ1) is 22.6.